The van der Waals surface area contributed by atoms with Crippen LogP contribution in [-0.2, 0) is 7.05 Å². The number of nitrogens with zero attached hydrogens (tertiary/aromatic N) is 4. The summed E-state index contributed by atoms with van der Waals surface area (Å²) in [5, 5.41) is 2.20. The third-order valence-electron chi connectivity index (χ3n) is 6.79. The van der Waals surface area contributed by atoms with Gasteiger partial charge in [-0.3, -0.25) is 0 Å². The second-order valence-corrected chi connectivity index (χ2v) is 11.1. The third kappa shape index (κ3) is 2.48. The Morgan fingerprint density at radius 1 is 0.971 bits per heavy atom. The van der Waals surface area contributed by atoms with Crippen LogP contribution in [0.25, 0.3) is 55.6 Å². The van der Waals surface area contributed by atoms with Crippen molar-refractivity contribution in [2.45, 2.75) is 6.92 Å². The molecule has 4 heterocycles. The van der Waals surface area contributed by atoms with Crippen LogP contribution in [-0.4, -0.2) is 45.8 Å². The van der Waals surface area contributed by atoms with Crippen molar-refractivity contribution in [2.75, 3.05) is 7.11 Å². The quantitative estimate of drug-likeness (QED) is 0.213. The van der Waals surface area contributed by atoms with Crippen LogP contribution in [0.2, 0.25) is 0 Å². The Morgan fingerprint density at radius 2 is 1.82 bits per heavy atom. The molecule has 0 radical (unpaired) electrons. The van der Waals surface area contributed by atoms with Crippen molar-refractivity contribution in [1.82, 2.24) is 14.0 Å². The number of fused-ring (bicyclic) bond motifs is 8. The number of furan rings is 1. The van der Waals surface area contributed by atoms with Gasteiger partial charge < -0.3 is 0 Å². The molecule has 6 nitrogen and oxygen atoms in total. The molecule has 34 heavy (non-hydrogen) atoms. The summed E-state index contributed by atoms with van der Waals surface area (Å²) in [5.41, 5.74) is 7.15. The summed E-state index contributed by atoms with van der Waals surface area (Å²) in [5.74, 6) is 2.67. The number of imidazole rings is 2. The van der Waals surface area contributed by atoms with Gasteiger partial charge in [0.1, 0.15) is 0 Å². The van der Waals surface area contributed by atoms with E-state index in [2.05, 4.69) is 76.2 Å². The van der Waals surface area contributed by atoms with Crippen LogP contribution in [0.1, 0.15) is 5.56 Å². The molecular weight excluding hydrogens is 621 g/mol. The van der Waals surface area contributed by atoms with Crippen molar-refractivity contribution in [3.8, 4) is 11.6 Å². The normalized spacial score (nSPS) is 12.1. The summed E-state index contributed by atoms with van der Waals surface area (Å²) >= 11 is 0.699. The predicted molar refractivity (Wildman–Crippen MR) is 137 cm³/mol. The third-order valence-corrected chi connectivity index (χ3v) is 8.60. The zero-order valence-electron chi connectivity index (χ0n) is 19.0. The Hall–Kier alpha value is -3.44. The molecular formula is C27H22BiN4O2+. The molecule has 0 aliphatic rings. The summed E-state index contributed by atoms with van der Waals surface area (Å²) in [6, 6.07) is 21.0. The first kappa shape index (κ1) is 20.0. The molecule has 0 unspecified atom stereocenters. The van der Waals surface area contributed by atoms with E-state index in [4.69, 9.17) is 14.1 Å². The van der Waals surface area contributed by atoms with Gasteiger partial charge in [-0.2, -0.15) is 0 Å². The first-order chi connectivity index (χ1) is 16.6. The molecule has 7 heteroatoms. The van der Waals surface area contributed by atoms with E-state index in [1.165, 1.54) is 3.27 Å². The number of methoxy groups -OCH3 is 1. The van der Waals surface area contributed by atoms with Gasteiger partial charge in [0.25, 0.3) is 0 Å². The first-order valence-corrected chi connectivity index (χ1v) is 13.4. The van der Waals surface area contributed by atoms with Crippen LogP contribution < -0.4 is 12.6 Å². The number of rotatable bonds is 2. The summed E-state index contributed by atoms with van der Waals surface area (Å²) < 4.78 is 20.1. The van der Waals surface area contributed by atoms with E-state index in [-0.39, 0.29) is 0 Å². The molecule has 0 N–H and O–H groups in total. The second kappa shape index (κ2) is 7.03. The number of benzene rings is 3. The fraction of sp³-hybridized carbons (Fsp3) is 0.111. The average molecular weight is 643 g/mol. The van der Waals surface area contributed by atoms with Crippen molar-refractivity contribution >= 4 is 77.8 Å². The molecule has 0 aliphatic carbocycles. The summed E-state index contributed by atoms with van der Waals surface area (Å²) in [6.45, 7) is 2.11. The van der Waals surface area contributed by atoms with Crippen molar-refractivity contribution in [1.29, 1.82) is 0 Å². The maximum absolute atomic E-state index is 6.48. The predicted octanol–water partition coefficient (Wildman–Crippen LogP) is 3.73. The van der Waals surface area contributed by atoms with Crippen molar-refractivity contribution in [3.05, 3.63) is 72.4 Å². The molecule has 0 spiro atoms. The standard InChI is InChI=1S/C27H20N4O2.Bi.2H/c1-16-22(32-3)13-12-21-24(16)31(27-28-19-9-5-6-10-20(19)30(21)27)26-25-18(14-15-29(26)2)17-8-4-7-11-23(17)33-25;;;/h4-8,10-15H,1-3H3;;;/q+1;;;. The van der Waals surface area contributed by atoms with Crippen LogP contribution in [0.15, 0.2) is 71.3 Å². The van der Waals surface area contributed by atoms with Crippen molar-refractivity contribution < 1.29 is 13.7 Å². The summed E-state index contributed by atoms with van der Waals surface area (Å²) in [7, 11) is 3.78. The average Bonchev–Trinajstić information content (AvgIpc) is 3.49. The van der Waals surface area contributed by atoms with Crippen LogP contribution in [0.5, 0.6) is 5.75 Å². The van der Waals surface area contributed by atoms with Gasteiger partial charge in [-0.15, -0.1) is 0 Å². The number of hydrogen-bond donors (Lipinski definition) is 0. The van der Waals surface area contributed by atoms with Gasteiger partial charge in [0.2, 0.25) is 0 Å². The van der Waals surface area contributed by atoms with Crippen LogP contribution in [0, 0.1) is 6.92 Å². The molecule has 7 aromatic rings. The summed E-state index contributed by atoms with van der Waals surface area (Å²) in [4.78, 5) is 5.20. The Balaban J connectivity index is 1.76. The van der Waals surface area contributed by atoms with Gasteiger partial charge in [-0.25, -0.2) is 0 Å². The van der Waals surface area contributed by atoms with Gasteiger partial charge in [-0.1, -0.05) is 0 Å². The minimum absolute atomic E-state index is 0.699. The van der Waals surface area contributed by atoms with Gasteiger partial charge in [-0.05, 0) is 0 Å². The Morgan fingerprint density at radius 3 is 2.68 bits per heavy atom. The van der Waals surface area contributed by atoms with E-state index in [9.17, 15) is 0 Å². The van der Waals surface area contributed by atoms with Crippen molar-refractivity contribution in [3.63, 3.8) is 0 Å². The van der Waals surface area contributed by atoms with E-state index in [1.54, 1.807) is 7.11 Å². The zero-order chi connectivity index (χ0) is 23.1. The van der Waals surface area contributed by atoms with Gasteiger partial charge in [0, 0.05) is 0 Å². The molecule has 0 amide bonds. The zero-order valence-corrected chi connectivity index (χ0v) is 23.5. The van der Waals surface area contributed by atoms with Crippen molar-refractivity contribution in [2.24, 2.45) is 7.05 Å². The molecule has 0 fully saturated rings. The van der Waals surface area contributed by atoms with Gasteiger partial charge in [0.15, 0.2) is 0 Å². The number of aromatic nitrogens is 4. The number of pyridine rings is 1. The Labute approximate surface area is 209 Å². The molecule has 0 bridgehead atoms. The van der Waals surface area contributed by atoms with E-state index in [0.29, 0.717) is 24.7 Å². The Bertz CT molecular complexity index is 1940. The van der Waals surface area contributed by atoms with E-state index < -0.39 is 0 Å². The van der Waals surface area contributed by atoms with Gasteiger partial charge >= 0.3 is 211 Å². The fourth-order valence-electron chi connectivity index (χ4n) is 5.22. The minimum atomic E-state index is 0.699. The fourth-order valence-corrected chi connectivity index (χ4v) is 6.48. The molecule has 3 aromatic carbocycles. The van der Waals surface area contributed by atoms with Gasteiger partial charge in [0.05, 0.1) is 0 Å². The maximum atomic E-state index is 6.48. The summed E-state index contributed by atoms with van der Waals surface area (Å²) in [6.07, 6.45) is 2.10. The number of para-hydroxylation sites is 2. The Kier molecular flexibility index (Phi) is 4.13. The molecule has 7 rings (SSSR count). The van der Waals surface area contributed by atoms with Crippen LogP contribution in [0.4, 0.5) is 0 Å². The van der Waals surface area contributed by atoms with Crippen LogP contribution >= 0.6 is 0 Å². The molecule has 0 saturated carbocycles. The van der Waals surface area contributed by atoms with E-state index in [0.717, 1.165) is 66.9 Å². The monoisotopic (exact) mass is 643 g/mol. The van der Waals surface area contributed by atoms with Crippen LogP contribution in [0.3, 0.4) is 0 Å². The molecule has 0 saturated heterocycles. The molecule has 0 atom stereocenters. The SMILES string of the molecule is COc1ccc2c(c1C)n(-c1c3oc4ccccc4c3cc[n+]1C)c1nc3[c]([BiH2])cccc3n21. The van der Waals surface area contributed by atoms with E-state index >= 15 is 0 Å². The van der Waals surface area contributed by atoms with E-state index in [1.807, 2.05) is 18.2 Å². The molecule has 4 aromatic heterocycles. The number of hydrogen-bond acceptors (Lipinski definition) is 3. The number of aryl methyl sites for hydroxylation is 2. The number of ether oxygens (including phenoxy) is 1. The topological polar surface area (TPSA) is 48.5 Å². The second-order valence-electron chi connectivity index (χ2n) is 8.65. The first-order valence-electron chi connectivity index (χ1n) is 11.1. The molecule has 166 valence electrons. The molecule has 0 aliphatic heterocycles.